The standard InChI is InChI=1S/C19H14Cl2F2N2O2/c1-10-16(18(24-27-10)17-13(20)4-3-5-14(17)21)19(26)25(2)9-11-6-7-12(22)8-15(11)23/h3-8H,9H2,1-2H3. The molecular weight excluding hydrogens is 397 g/mol. The predicted molar refractivity (Wildman–Crippen MR) is 98.9 cm³/mol. The molecule has 2 aromatic carbocycles. The Kier molecular flexibility index (Phi) is 5.48. The smallest absolute Gasteiger partial charge is 0.259 e. The molecule has 1 heterocycles. The van der Waals surface area contributed by atoms with E-state index >= 15 is 0 Å². The van der Waals surface area contributed by atoms with Gasteiger partial charge in [-0.3, -0.25) is 4.79 Å². The van der Waals surface area contributed by atoms with E-state index in [9.17, 15) is 13.6 Å². The van der Waals surface area contributed by atoms with Crippen molar-refractivity contribution < 1.29 is 18.1 Å². The molecule has 27 heavy (non-hydrogen) atoms. The Labute approximate surface area is 164 Å². The van der Waals surface area contributed by atoms with E-state index in [1.807, 2.05) is 0 Å². The third-order valence-corrected chi connectivity index (χ3v) is 4.68. The van der Waals surface area contributed by atoms with E-state index in [0.717, 1.165) is 12.1 Å². The zero-order valence-electron chi connectivity index (χ0n) is 14.4. The molecule has 0 radical (unpaired) electrons. The highest BCUT2D eigenvalue weighted by molar-refractivity contribution is 6.39. The maximum atomic E-state index is 13.9. The van der Waals surface area contributed by atoms with Gasteiger partial charge >= 0.3 is 0 Å². The van der Waals surface area contributed by atoms with E-state index in [-0.39, 0.29) is 29.1 Å². The first-order chi connectivity index (χ1) is 12.8. The van der Waals surface area contributed by atoms with Crippen molar-refractivity contribution in [2.45, 2.75) is 13.5 Å². The molecule has 0 unspecified atom stereocenters. The summed E-state index contributed by atoms with van der Waals surface area (Å²) in [6.45, 7) is 1.52. The third kappa shape index (κ3) is 3.82. The quantitative estimate of drug-likeness (QED) is 0.569. The number of hydrogen-bond acceptors (Lipinski definition) is 3. The normalized spacial score (nSPS) is 10.9. The van der Waals surface area contributed by atoms with Gasteiger partial charge in [-0.25, -0.2) is 8.78 Å². The van der Waals surface area contributed by atoms with Crippen LogP contribution < -0.4 is 0 Å². The van der Waals surface area contributed by atoms with Crippen LogP contribution in [0.2, 0.25) is 10.0 Å². The van der Waals surface area contributed by atoms with Gasteiger partial charge in [0.05, 0.1) is 10.0 Å². The van der Waals surface area contributed by atoms with E-state index in [1.54, 1.807) is 25.1 Å². The summed E-state index contributed by atoms with van der Waals surface area (Å²) < 4.78 is 32.2. The van der Waals surface area contributed by atoms with Crippen LogP contribution >= 0.6 is 23.2 Å². The van der Waals surface area contributed by atoms with Crippen molar-refractivity contribution in [3.05, 3.63) is 75.0 Å². The van der Waals surface area contributed by atoms with Gasteiger partial charge in [0.25, 0.3) is 5.91 Å². The second kappa shape index (κ2) is 7.66. The van der Waals surface area contributed by atoms with Crippen molar-refractivity contribution in [3.63, 3.8) is 0 Å². The van der Waals surface area contributed by atoms with E-state index in [4.69, 9.17) is 27.7 Å². The summed E-state index contributed by atoms with van der Waals surface area (Å²) in [6.07, 6.45) is 0. The molecule has 0 saturated carbocycles. The highest BCUT2D eigenvalue weighted by atomic mass is 35.5. The van der Waals surface area contributed by atoms with Crippen molar-refractivity contribution in [2.24, 2.45) is 0 Å². The minimum absolute atomic E-state index is 0.0642. The Morgan fingerprint density at radius 3 is 2.48 bits per heavy atom. The zero-order chi connectivity index (χ0) is 19.7. The molecule has 0 aliphatic heterocycles. The fraction of sp³-hybridized carbons (Fsp3) is 0.158. The molecule has 0 saturated heterocycles. The first kappa shape index (κ1) is 19.3. The molecule has 8 heteroatoms. The Morgan fingerprint density at radius 1 is 1.19 bits per heavy atom. The van der Waals surface area contributed by atoms with Gasteiger partial charge in [-0.15, -0.1) is 0 Å². The maximum absolute atomic E-state index is 13.9. The first-order valence-electron chi connectivity index (χ1n) is 7.89. The van der Waals surface area contributed by atoms with Crippen molar-refractivity contribution in [1.29, 1.82) is 0 Å². The van der Waals surface area contributed by atoms with Crippen LogP contribution in [0.3, 0.4) is 0 Å². The van der Waals surface area contributed by atoms with Gasteiger partial charge in [-0.05, 0) is 25.1 Å². The predicted octanol–water partition coefficient (Wildman–Crippen LogP) is 5.51. The van der Waals surface area contributed by atoms with Gasteiger partial charge in [0.15, 0.2) is 0 Å². The summed E-state index contributed by atoms with van der Waals surface area (Å²) in [4.78, 5) is 14.3. The van der Waals surface area contributed by atoms with Crippen LogP contribution in [0, 0.1) is 18.6 Å². The zero-order valence-corrected chi connectivity index (χ0v) is 15.9. The van der Waals surface area contributed by atoms with E-state index < -0.39 is 17.5 Å². The van der Waals surface area contributed by atoms with Crippen LogP contribution in [0.1, 0.15) is 21.7 Å². The average molecular weight is 411 g/mol. The molecule has 1 aromatic heterocycles. The number of aryl methyl sites for hydroxylation is 1. The van der Waals surface area contributed by atoms with Crippen LogP contribution in [-0.2, 0) is 6.54 Å². The lowest BCUT2D eigenvalue weighted by atomic mass is 10.0. The van der Waals surface area contributed by atoms with Crippen molar-refractivity contribution in [1.82, 2.24) is 10.1 Å². The SMILES string of the molecule is Cc1onc(-c2c(Cl)cccc2Cl)c1C(=O)N(C)Cc1ccc(F)cc1F. The van der Waals surface area contributed by atoms with Gasteiger partial charge in [-0.1, -0.05) is 40.5 Å². The minimum atomic E-state index is -0.730. The highest BCUT2D eigenvalue weighted by Crippen LogP contribution is 2.37. The van der Waals surface area contributed by atoms with Crippen molar-refractivity contribution in [3.8, 4) is 11.3 Å². The van der Waals surface area contributed by atoms with Crippen LogP contribution in [-0.4, -0.2) is 23.0 Å². The van der Waals surface area contributed by atoms with Crippen LogP contribution in [0.25, 0.3) is 11.3 Å². The second-order valence-electron chi connectivity index (χ2n) is 5.96. The number of carbonyl (C=O) groups is 1. The Balaban J connectivity index is 1.97. The van der Waals surface area contributed by atoms with E-state index in [2.05, 4.69) is 5.16 Å². The monoisotopic (exact) mass is 410 g/mol. The Hall–Kier alpha value is -2.44. The number of halogens is 4. The maximum Gasteiger partial charge on any atom is 0.259 e. The molecule has 1 amide bonds. The second-order valence-corrected chi connectivity index (χ2v) is 6.77. The van der Waals surface area contributed by atoms with Gasteiger partial charge < -0.3 is 9.42 Å². The molecule has 0 fully saturated rings. The van der Waals surface area contributed by atoms with E-state index in [1.165, 1.54) is 18.0 Å². The van der Waals surface area contributed by atoms with E-state index in [0.29, 0.717) is 15.6 Å². The fourth-order valence-electron chi connectivity index (χ4n) is 2.69. The van der Waals surface area contributed by atoms with Crippen molar-refractivity contribution >= 4 is 29.1 Å². The third-order valence-electron chi connectivity index (χ3n) is 4.05. The molecule has 0 bridgehead atoms. The molecule has 0 aliphatic rings. The van der Waals surface area contributed by atoms with Gasteiger partial charge in [0.2, 0.25) is 0 Å². The molecule has 3 rings (SSSR count). The van der Waals surface area contributed by atoms with Crippen LogP contribution in [0.5, 0.6) is 0 Å². The number of aromatic nitrogens is 1. The van der Waals surface area contributed by atoms with Crippen molar-refractivity contribution in [2.75, 3.05) is 7.05 Å². The Morgan fingerprint density at radius 2 is 1.85 bits per heavy atom. The summed E-state index contributed by atoms with van der Waals surface area (Å²) in [5.74, 6) is -1.59. The lowest BCUT2D eigenvalue weighted by Crippen LogP contribution is -2.27. The van der Waals surface area contributed by atoms with Crippen LogP contribution in [0.15, 0.2) is 40.9 Å². The largest absolute Gasteiger partial charge is 0.360 e. The topological polar surface area (TPSA) is 46.3 Å². The molecule has 4 nitrogen and oxygen atoms in total. The molecule has 0 N–H and O–H groups in total. The fourth-order valence-corrected chi connectivity index (χ4v) is 3.26. The number of amides is 1. The molecule has 140 valence electrons. The number of benzene rings is 2. The lowest BCUT2D eigenvalue weighted by molar-refractivity contribution is 0.0782. The summed E-state index contributed by atoms with van der Waals surface area (Å²) in [5, 5.41) is 4.57. The number of nitrogens with zero attached hydrogens (tertiary/aromatic N) is 2. The molecule has 0 spiro atoms. The number of rotatable bonds is 4. The summed E-state index contributed by atoms with van der Waals surface area (Å²) in [6, 6.07) is 8.12. The minimum Gasteiger partial charge on any atom is -0.360 e. The van der Waals surface area contributed by atoms with Gasteiger partial charge in [-0.2, -0.15) is 0 Å². The highest BCUT2D eigenvalue weighted by Gasteiger charge is 2.27. The molecule has 3 aromatic rings. The van der Waals surface area contributed by atoms with Crippen LogP contribution in [0.4, 0.5) is 8.78 Å². The Bertz CT molecular complexity index is 1000. The first-order valence-corrected chi connectivity index (χ1v) is 8.65. The number of carbonyl (C=O) groups excluding carboxylic acids is 1. The average Bonchev–Trinajstić information content (AvgIpc) is 2.97. The summed E-state index contributed by atoms with van der Waals surface area (Å²) in [7, 11) is 1.50. The molecule has 0 aliphatic carbocycles. The molecule has 0 atom stereocenters. The molecular formula is C19H14Cl2F2N2O2. The summed E-state index contributed by atoms with van der Waals surface area (Å²) >= 11 is 12.4. The lowest BCUT2D eigenvalue weighted by Gasteiger charge is -2.18. The van der Waals surface area contributed by atoms with Gasteiger partial charge in [0, 0.05) is 30.8 Å². The summed E-state index contributed by atoms with van der Waals surface area (Å²) in [5.41, 5.74) is 0.940. The number of hydrogen-bond donors (Lipinski definition) is 0. The van der Waals surface area contributed by atoms with Gasteiger partial charge in [0.1, 0.15) is 28.7 Å².